The Morgan fingerprint density at radius 2 is 2.25 bits per heavy atom. The zero-order chi connectivity index (χ0) is 15.0. The topological polar surface area (TPSA) is 78.9 Å². The number of aliphatic hydroxyl groups is 1. The number of aliphatic hydroxyl groups excluding tert-OH is 1. The SMILES string of the molecule is CC(C)CN1CC(C(=O)NCCCOCCO)CC1=O. The summed E-state index contributed by atoms with van der Waals surface area (Å²) in [6.45, 7) is 6.78. The standard InChI is InChI=1S/C14H26N2O4/c1-11(2)9-16-10-12(8-13(16)18)14(19)15-4-3-6-20-7-5-17/h11-12,17H,3-10H2,1-2H3,(H,15,19). The minimum absolute atomic E-state index is 0.0161. The van der Waals surface area contributed by atoms with Crippen LogP contribution in [0.4, 0.5) is 0 Å². The molecule has 20 heavy (non-hydrogen) atoms. The molecule has 0 aromatic carbocycles. The molecule has 1 rings (SSSR count). The molecule has 1 heterocycles. The summed E-state index contributed by atoms with van der Waals surface area (Å²) in [5.41, 5.74) is 0. The van der Waals surface area contributed by atoms with Crippen LogP contribution in [0.15, 0.2) is 0 Å². The molecule has 0 saturated carbocycles. The number of rotatable bonds is 9. The average molecular weight is 286 g/mol. The summed E-state index contributed by atoms with van der Waals surface area (Å²) in [5, 5.41) is 11.4. The number of amides is 2. The highest BCUT2D eigenvalue weighted by molar-refractivity contribution is 5.89. The number of nitrogens with one attached hydrogen (secondary N) is 1. The third-order valence-corrected chi connectivity index (χ3v) is 3.17. The van der Waals surface area contributed by atoms with Gasteiger partial charge < -0.3 is 20.1 Å². The van der Waals surface area contributed by atoms with Crippen molar-refractivity contribution in [3.63, 3.8) is 0 Å². The third kappa shape index (κ3) is 5.88. The van der Waals surface area contributed by atoms with Crippen molar-refractivity contribution in [1.29, 1.82) is 0 Å². The number of hydrogen-bond acceptors (Lipinski definition) is 4. The van der Waals surface area contributed by atoms with Gasteiger partial charge in [0.05, 0.1) is 19.1 Å². The van der Waals surface area contributed by atoms with Crippen LogP contribution < -0.4 is 5.32 Å². The molecule has 1 fully saturated rings. The molecule has 0 bridgehead atoms. The van der Waals surface area contributed by atoms with Gasteiger partial charge in [-0.25, -0.2) is 0 Å². The van der Waals surface area contributed by atoms with E-state index < -0.39 is 0 Å². The van der Waals surface area contributed by atoms with Crippen LogP contribution in [-0.4, -0.2) is 61.3 Å². The van der Waals surface area contributed by atoms with Gasteiger partial charge in [0.2, 0.25) is 11.8 Å². The molecular weight excluding hydrogens is 260 g/mol. The van der Waals surface area contributed by atoms with Crippen molar-refractivity contribution in [2.45, 2.75) is 26.7 Å². The summed E-state index contributed by atoms with van der Waals surface area (Å²) in [5.74, 6) is 0.223. The van der Waals surface area contributed by atoms with Gasteiger partial charge in [0.25, 0.3) is 0 Å². The smallest absolute Gasteiger partial charge is 0.225 e. The lowest BCUT2D eigenvalue weighted by Gasteiger charge is -2.18. The molecule has 1 aliphatic rings. The zero-order valence-corrected chi connectivity index (χ0v) is 12.4. The van der Waals surface area contributed by atoms with Gasteiger partial charge in [-0.05, 0) is 12.3 Å². The largest absolute Gasteiger partial charge is 0.394 e. The van der Waals surface area contributed by atoms with E-state index >= 15 is 0 Å². The second-order valence-electron chi connectivity index (χ2n) is 5.57. The summed E-state index contributed by atoms with van der Waals surface area (Å²) >= 11 is 0. The lowest BCUT2D eigenvalue weighted by atomic mass is 10.1. The van der Waals surface area contributed by atoms with Crippen LogP contribution in [0.2, 0.25) is 0 Å². The van der Waals surface area contributed by atoms with E-state index in [1.165, 1.54) is 0 Å². The van der Waals surface area contributed by atoms with E-state index in [0.717, 1.165) is 6.54 Å². The highest BCUT2D eigenvalue weighted by Gasteiger charge is 2.34. The maximum Gasteiger partial charge on any atom is 0.225 e. The van der Waals surface area contributed by atoms with Crippen molar-refractivity contribution in [3.8, 4) is 0 Å². The Bertz CT molecular complexity index is 320. The van der Waals surface area contributed by atoms with Gasteiger partial charge in [-0.2, -0.15) is 0 Å². The fourth-order valence-corrected chi connectivity index (χ4v) is 2.26. The van der Waals surface area contributed by atoms with Crippen molar-refractivity contribution in [2.75, 3.05) is 39.5 Å². The number of ether oxygens (including phenoxy) is 1. The quantitative estimate of drug-likeness (QED) is 0.585. The molecule has 0 aromatic rings. The maximum atomic E-state index is 11.9. The second kappa shape index (κ2) is 8.92. The first-order valence-corrected chi connectivity index (χ1v) is 7.28. The number of carbonyl (C=O) groups excluding carboxylic acids is 2. The minimum Gasteiger partial charge on any atom is -0.394 e. The highest BCUT2D eigenvalue weighted by Crippen LogP contribution is 2.19. The summed E-state index contributed by atoms with van der Waals surface area (Å²) in [7, 11) is 0. The van der Waals surface area contributed by atoms with Gasteiger partial charge in [-0.1, -0.05) is 13.8 Å². The normalized spacial score (nSPS) is 18.9. The fourth-order valence-electron chi connectivity index (χ4n) is 2.26. The Labute approximate surface area is 120 Å². The van der Waals surface area contributed by atoms with E-state index in [-0.39, 0.29) is 24.3 Å². The van der Waals surface area contributed by atoms with Crippen LogP contribution in [0.3, 0.4) is 0 Å². The predicted octanol–water partition coefficient (Wildman–Crippen LogP) is 0.00610. The minimum atomic E-state index is -0.223. The van der Waals surface area contributed by atoms with E-state index in [0.29, 0.717) is 45.1 Å². The molecule has 0 aromatic heterocycles. The van der Waals surface area contributed by atoms with Gasteiger partial charge in [0.1, 0.15) is 0 Å². The molecule has 1 aliphatic heterocycles. The van der Waals surface area contributed by atoms with Crippen LogP contribution in [-0.2, 0) is 14.3 Å². The Balaban J connectivity index is 2.19. The van der Waals surface area contributed by atoms with Crippen LogP contribution in [0.25, 0.3) is 0 Å². The van der Waals surface area contributed by atoms with Gasteiger partial charge in [0, 0.05) is 32.7 Å². The van der Waals surface area contributed by atoms with E-state index in [4.69, 9.17) is 9.84 Å². The summed E-state index contributed by atoms with van der Waals surface area (Å²) in [4.78, 5) is 25.5. The molecule has 1 atom stereocenters. The van der Waals surface area contributed by atoms with E-state index in [9.17, 15) is 9.59 Å². The fraction of sp³-hybridized carbons (Fsp3) is 0.857. The maximum absolute atomic E-state index is 11.9. The molecule has 1 unspecified atom stereocenters. The Hall–Kier alpha value is -1.14. The van der Waals surface area contributed by atoms with Gasteiger partial charge in [-0.15, -0.1) is 0 Å². The number of likely N-dealkylation sites (tertiary alicyclic amines) is 1. The van der Waals surface area contributed by atoms with E-state index in [2.05, 4.69) is 19.2 Å². The van der Waals surface area contributed by atoms with E-state index in [1.54, 1.807) is 4.90 Å². The Morgan fingerprint density at radius 1 is 1.50 bits per heavy atom. The lowest BCUT2D eigenvalue weighted by molar-refractivity contribution is -0.129. The van der Waals surface area contributed by atoms with Gasteiger partial charge in [-0.3, -0.25) is 9.59 Å². The summed E-state index contributed by atoms with van der Waals surface area (Å²) in [6.07, 6.45) is 1.03. The van der Waals surface area contributed by atoms with Crippen molar-refractivity contribution >= 4 is 11.8 Å². The number of nitrogens with zero attached hydrogens (tertiary/aromatic N) is 1. The lowest BCUT2D eigenvalue weighted by Crippen LogP contribution is -2.34. The van der Waals surface area contributed by atoms with Crippen molar-refractivity contribution in [1.82, 2.24) is 10.2 Å². The zero-order valence-electron chi connectivity index (χ0n) is 12.4. The molecule has 0 radical (unpaired) electrons. The average Bonchev–Trinajstić information content (AvgIpc) is 2.74. The van der Waals surface area contributed by atoms with Crippen molar-refractivity contribution < 1.29 is 19.4 Å². The third-order valence-electron chi connectivity index (χ3n) is 3.17. The van der Waals surface area contributed by atoms with Crippen LogP contribution in [0, 0.1) is 11.8 Å². The van der Waals surface area contributed by atoms with Crippen molar-refractivity contribution in [3.05, 3.63) is 0 Å². The molecule has 1 saturated heterocycles. The van der Waals surface area contributed by atoms with E-state index in [1.807, 2.05) is 0 Å². The summed E-state index contributed by atoms with van der Waals surface area (Å²) < 4.78 is 5.10. The number of hydrogen-bond donors (Lipinski definition) is 2. The summed E-state index contributed by atoms with van der Waals surface area (Å²) in [6, 6.07) is 0. The Kier molecular flexibility index (Phi) is 7.54. The first-order valence-electron chi connectivity index (χ1n) is 7.28. The molecular formula is C14H26N2O4. The molecule has 6 nitrogen and oxygen atoms in total. The highest BCUT2D eigenvalue weighted by atomic mass is 16.5. The number of carbonyl (C=O) groups is 2. The molecule has 2 amide bonds. The second-order valence-corrected chi connectivity index (χ2v) is 5.57. The van der Waals surface area contributed by atoms with Crippen LogP contribution >= 0.6 is 0 Å². The van der Waals surface area contributed by atoms with Gasteiger partial charge in [0.15, 0.2) is 0 Å². The first kappa shape index (κ1) is 16.9. The van der Waals surface area contributed by atoms with Crippen LogP contribution in [0.5, 0.6) is 0 Å². The molecule has 2 N–H and O–H groups in total. The molecule has 0 spiro atoms. The van der Waals surface area contributed by atoms with Crippen molar-refractivity contribution in [2.24, 2.45) is 11.8 Å². The molecule has 6 heteroatoms. The van der Waals surface area contributed by atoms with Gasteiger partial charge >= 0.3 is 0 Å². The molecule has 116 valence electrons. The van der Waals surface area contributed by atoms with Crippen LogP contribution in [0.1, 0.15) is 26.7 Å². The molecule has 0 aliphatic carbocycles. The monoisotopic (exact) mass is 286 g/mol. The first-order chi connectivity index (χ1) is 9.54. The Morgan fingerprint density at radius 3 is 2.90 bits per heavy atom. The predicted molar refractivity (Wildman–Crippen MR) is 75.1 cm³/mol.